The Bertz CT molecular complexity index is 267. The Labute approximate surface area is 88.7 Å². The largest absolute Gasteiger partial charge is 0.481 e. The number of carbonyl (C=O) groups excluding carboxylic acids is 2. The number of ether oxygens (including phenoxy) is 2. The summed E-state index contributed by atoms with van der Waals surface area (Å²) in [7, 11) is 0. The lowest BCUT2D eigenvalue weighted by Gasteiger charge is -2.08. The molecular weight excluding hydrogens is 200 g/mol. The summed E-state index contributed by atoms with van der Waals surface area (Å²) in [5.74, 6) is -1.51. The molecule has 15 heavy (non-hydrogen) atoms. The lowest BCUT2D eigenvalue weighted by molar-refractivity contribution is -0.140. The maximum absolute atomic E-state index is 11.3. The van der Waals surface area contributed by atoms with Gasteiger partial charge >= 0.3 is 5.97 Å². The molecule has 5 nitrogen and oxygen atoms in total. The zero-order chi connectivity index (χ0) is 11.8. The standard InChI is InChI=1S/C10H16O5/c1-4-14-9(12)8(6-7(3)11)10(13)15-5-2/h12H,4-6H2,1-3H3. The third kappa shape index (κ3) is 5.05. The van der Waals surface area contributed by atoms with Crippen molar-refractivity contribution in [1.82, 2.24) is 0 Å². The number of hydrogen-bond acceptors (Lipinski definition) is 5. The van der Waals surface area contributed by atoms with Gasteiger partial charge in [0.05, 0.1) is 13.2 Å². The summed E-state index contributed by atoms with van der Waals surface area (Å²) in [6, 6.07) is 0. The molecule has 0 aromatic carbocycles. The first kappa shape index (κ1) is 13.5. The van der Waals surface area contributed by atoms with Crippen LogP contribution in [0, 0.1) is 0 Å². The molecule has 1 N–H and O–H groups in total. The third-order valence-electron chi connectivity index (χ3n) is 1.49. The summed E-state index contributed by atoms with van der Waals surface area (Å²) < 4.78 is 9.44. The van der Waals surface area contributed by atoms with Gasteiger partial charge in [-0.05, 0) is 20.8 Å². The lowest BCUT2D eigenvalue weighted by Crippen LogP contribution is -2.14. The average molecular weight is 216 g/mol. The molecular formula is C10H16O5. The summed E-state index contributed by atoms with van der Waals surface area (Å²) >= 11 is 0. The van der Waals surface area contributed by atoms with Crippen LogP contribution in [0.1, 0.15) is 27.2 Å². The van der Waals surface area contributed by atoms with Crippen LogP contribution >= 0.6 is 0 Å². The van der Waals surface area contributed by atoms with Crippen molar-refractivity contribution in [2.24, 2.45) is 0 Å². The summed E-state index contributed by atoms with van der Waals surface area (Å²) in [4.78, 5) is 22.2. The molecule has 0 aliphatic heterocycles. The molecule has 0 unspecified atom stereocenters. The van der Waals surface area contributed by atoms with Crippen LogP contribution in [-0.4, -0.2) is 30.1 Å². The number of esters is 1. The highest BCUT2D eigenvalue weighted by Gasteiger charge is 2.19. The quantitative estimate of drug-likeness (QED) is 0.412. The van der Waals surface area contributed by atoms with Crippen LogP contribution in [-0.2, 0) is 19.1 Å². The predicted molar refractivity (Wildman–Crippen MR) is 53.2 cm³/mol. The second kappa shape index (κ2) is 6.86. The summed E-state index contributed by atoms with van der Waals surface area (Å²) in [6.45, 7) is 5.01. The fraction of sp³-hybridized carbons (Fsp3) is 0.600. The highest BCUT2D eigenvalue weighted by atomic mass is 16.6. The van der Waals surface area contributed by atoms with Crippen LogP contribution in [0.2, 0.25) is 0 Å². The summed E-state index contributed by atoms with van der Waals surface area (Å²) in [6.07, 6.45) is -0.190. The Kier molecular flexibility index (Phi) is 6.17. The summed E-state index contributed by atoms with van der Waals surface area (Å²) in [5.41, 5.74) is -0.133. The molecule has 0 spiro atoms. The van der Waals surface area contributed by atoms with Crippen molar-refractivity contribution in [2.75, 3.05) is 13.2 Å². The normalized spacial score (nSPS) is 11.7. The van der Waals surface area contributed by atoms with E-state index in [0.717, 1.165) is 0 Å². The van der Waals surface area contributed by atoms with Crippen LogP contribution in [0.25, 0.3) is 0 Å². The van der Waals surface area contributed by atoms with E-state index in [1.807, 2.05) is 0 Å². The first-order valence-corrected chi connectivity index (χ1v) is 4.74. The second-order valence-electron chi connectivity index (χ2n) is 2.82. The van der Waals surface area contributed by atoms with Gasteiger partial charge in [-0.25, -0.2) is 4.79 Å². The van der Waals surface area contributed by atoms with Gasteiger partial charge in [-0.1, -0.05) is 0 Å². The minimum atomic E-state index is -0.723. The average Bonchev–Trinajstić information content (AvgIpc) is 2.14. The van der Waals surface area contributed by atoms with Crippen molar-refractivity contribution >= 4 is 11.8 Å². The van der Waals surface area contributed by atoms with Gasteiger partial charge in [-0.3, -0.25) is 4.79 Å². The second-order valence-corrected chi connectivity index (χ2v) is 2.82. The van der Waals surface area contributed by atoms with E-state index >= 15 is 0 Å². The molecule has 0 saturated heterocycles. The van der Waals surface area contributed by atoms with Crippen molar-refractivity contribution in [3.8, 4) is 0 Å². The first-order chi connectivity index (χ1) is 7.02. The van der Waals surface area contributed by atoms with Crippen molar-refractivity contribution in [3.05, 3.63) is 11.5 Å². The Morgan fingerprint density at radius 3 is 2.07 bits per heavy atom. The predicted octanol–water partition coefficient (Wildman–Crippen LogP) is 1.33. The zero-order valence-corrected chi connectivity index (χ0v) is 9.20. The first-order valence-electron chi connectivity index (χ1n) is 4.74. The minimum Gasteiger partial charge on any atom is -0.481 e. The van der Waals surface area contributed by atoms with Gasteiger partial charge in [0.2, 0.25) is 0 Å². The molecule has 0 aliphatic rings. The van der Waals surface area contributed by atoms with Crippen molar-refractivity contribution in [2.45, 2.75) is 27.2 Å². The monoisotopic (exact) mass is 216 g/mol. The number of hydrogen-bond donors (Lipinski definition) is 1. The van der Waals surface area contributed by atoms with Crippen molar-refractivity contribution in [1.29, 1.82) is 0 Å². The molecule has 0 aromatic rings. The van der Waals surface area contributed by atoms with Crippen LogP contribution < -0.4 is 0 Å². The molecule has 0 aliphatic carbocycles. The maximum atomic E-state index is 11.3. The Balaban J connectivity index is 4.78. The van der Waals surface area contributed by atoms with Gasteiger partial charge in [-0.2, -0.15) is 0 Å². The molecule has 0 radical (unpaired) electrons. The van der Waals surface area contributed by atoms with Crippen molar-refractivity contribution < 1.29 is 24.2 Å². The smallest absolute Gasteiger partial charge is 0.341 e. The number of Topliss-reactive ketones (excluding diaryl/α,β-unsaturated/α-hetero) is 1. The molecule has 0 amide bonds. The Hall–Kier alpha value is -1.52. The molecule has 0 rings (SSSR count). The van der Waals surface area contributed by atoms with E-state index in [-0.39, 0.29) is 31.0 Å². The molecule has 5 heteroatoms. The molecule has 0 aromatic heterocycles. The third-order valence-corrected chi connectivity index (χ3v) is 1.49. The van der Waals surface area contributed by atoms with E-state index in [1.165, 1.54) is 6.92 Å². The Morgan fingerprint density at radius 2 is 1.67 bits per heavy atom. The summed E-state index contributed by atoms with van der Waals surface area (Å²) in [5, 5.41) is 9.36. The minimum absolute atomic E-state index is 0.133. The topological polar surface area (TPSA) is 72.8 Å². The van der Waals surface area contributed by atoms with Gasteiger partial charge in [0, 0.05) is 6.42 Å². The number of aliphatic hydroxyl groups excluding tert-OH is 1. The van der Waals surface area contributed by atoms with Gasteiger partial charge in [0.15, 0.2) is 0 Å². The Morgan fingerprint density at radius 1 is 1.13 bits per heavy atom. The van der Waals surface area contributed by atoms with Gasteiger partial charge in [0.25, 0.3) is 5.95 Å². The molecule has 0 saturated carbocycles. The van der Waals surface area contributed by atoms with Gasteiger partial charge < -0.3 is 14.6 Å². The van der Waals surface area contributed by atoms with E-state index < -0.39 is 11.9 Å². The fourth-order valence-corrected chi connectivity index (χ4v) is 0.926. The van der Waals surface area contributed by atoms with Gasteiger partial charge in [0.1, 0.15) is 11.4 Å². The van der Waals surface area contributed by atoms with E-state index in [9.17, 15) is 14.7 Å². The fourth-order valence-electron chi connectivity index (χ4n) is 0.926. The van der Waals surface area contributed by atoms with Gasteiger partial charge in [-0.15, -0.1) is 0 Å². The number of ketones is 1. The van der Waals surface area contributed by atoms with Crippen LogP contribution in [0.3, 0.4) is 0 Å². The number of carbonyl (C=O) groups is 2. The maximum Gasteiger partial charge on any atom is 0.341 e. The van der Waals surface area contributed by atoms with Crippen LogP contribution in [0.15, 0.2) is 11.5 Å². The molecule has 86 valence electrons. The highest BCUT2D eigenvalue weighted by molar-refractivity contribution is 5.95. The van der Waals surface area contributed by atoms with Crippen LogP contribution in [0.5, 0.6) is 0 Å². The molecule has 0 heterocycles. The number of aliphatic hydroxyl groups is 1. The molecule has 0 bridgehead atoms. The zero-order valence-electron chi connectivity index (χ0n) is 9.20. The SMILES string of the molecule is CCOC(=O)C(CC(C)=O)=C(O)OCC. The van der Waals surface area contributed by atoms with E-state index in [4.69, 9.17) is 4.74 Å². The van der Waals surface area contributed by atoms with E-state index in [0.29, 0.717) is 0 Å². The van der Waals surface area contributed by atoms with Crippen LogP contribution in [0.4, 0.5) is 0 Å². The van der Waals surface area contributed by atoms with E-state index in [1.54, 1.807) is 13.8 Å². The molecule has 0 atom stereocenters. The molecule has 0 fully saturated rings. The number of rotatable bonds is 6. The highest BCUT2D eigenvalue weighted by Crippen LogP contribution is 2.11. The van der Waals surface area contributed by atoms with Crippen molar-refractivity contribution in [3.63, 3.8) is 0 Å². The van der Waals surface area contributed by atoms with E-state index in [2.05, 4.69) is 4.74 Å². The lowest BCUT2D eigenvalue weighted by atomic mass is 10.1.